The van der Waals surface area contributed by atoms with Gasteiger partial charge in [0.15, 0.2) is 0 Å². The third kappa shape index (κ3) is 5.66. The first kappa shape index (κ1) is 24.8. The fourth-order valence-corrected chi connectivity index (χ4v) is 4.92. The Hall–Kier alpha value is -3.35. The second-order valence-electron chi connectivity index (χ2n) is 10.00. The molecule has 2 unspecified atom stereocenters. The van der Waals surface area contributed by atoms with Gasteiger partial charge in [0, 0.05) is 19.0 Å². The Labute approximate surface area is 206 Å². The van der Waals surface area contributed by atoms with Gasteiger partial charge in [0.2, 0.25) is 5.91 Å². The Morgan fingerprint density at radius 3 is 2.17 bits per heavy atom. The van der Waals surface area contributed by atoms with Gasteiger partial charge in [-0.1, -0.05) is 55.5 Å². The van der Waals surface area contributed by atoms with E-state index < -0.39 is 17.5 Å². The molecule has 0 aliphatic heterocycles. The molecule has 3 N–H and O–H groups in total. The fraction of sp³-hybridized carbons (Fsp3) is 0.464. The minimum Gasteiger partial charge on any atom is -0.481 e. The summed E-state index contributed by atoms with van der Waals surface area (Å²) in [5.41, 5.74) is 3.80. The molecule has 7 heteroatoms. The van der Waals surface area contributed by atoms with Gasteiger partial charge in [-0.3, -0.25) is 9.59 Å². The molecular weight excluding hydrogens is 444 g/mol. The van der Waals surface area contributed by atoms with Gasteiger partial charge in [-0.25, -0.2) is 4.79 Å². The molecule has 0 spiro atoms. The van der Waals surface area contributed by atoms with Crippen LogP contribution in [-0.2, 0) is 14.3 Å². The maximum absolute atomic E-state index is 12.9. The number of carbonyl (C=O) groups excluding carboxylic acids is 2. The van der Waals surface area contributed by atoms with Crippen molar-refractivity contribution < 1.29 is 24.2 Å². The number of amides is 2. The van der Waals surface area contributed by atoms with Crippen molar-refractivity contribution in [1.82, 2.24) is 10.6 Å². The van der Waals surface area contributed by atoms with E-state index in [1.165, 1.54) is 11.1 Å². The summed E-state index contributed by atoms with van der Waals surface area (Å²) in [6.07, 6.45) is 2.06. The lowest BCUT2D eigenvalue weighted by molar-refractivity contribution is -0.139. The normalized spacial score (nSPS) is 17.0. The SMILES string of the molecule is CCC(C)(CNC(=O)OCC1c2ccccc2-c2ccccc21)C(=O)NCC(CC(=O)O)C1CC1. The number of rotatable bonds is 11. The summed E-state index contributed by atoms with van der Waals surface area (Å²) in [5, 5.41) is 14.8. The molecule has 2 atom stereocenters. The molecule has 1 fully saturated rings. The number of hydrogen-bond donors (Lipinski definition) is 3. The van der Waals surface area contributed by atoms with Crippen molar-refractivity contribution in [2.24, 2.45) is 17.3 Å². The van der Waals surface area contributed by atoms with E-state index >= 15 is 0 Å². The quantitative estimate of drug-likeness (QED) is 0.439. The summed E-state index contributed by atoms with van der Waals surface area (Å²) in [6, 6.07) is 16.3. The van der Waals surface area contributed by atoms with Crippen LogP contribution in [-0.4, -0.2) is 42.8 Å². The zero-order valence-electron chi connectivity index (χ0n) is 20.4. The van der Waals surface area contributed by atoms with Gasteiger partial charge in [-0.2, -0.15) is 0 Å². The third-order valence-corrected chi connectivity index (χ3v) is 7.55. The van der Waals surface area contributed by atoms with Crippen molar-refractivity contribution in [2.75, 3.05) is 19.7 Å². The van der Waals surface area contributed by atoms with Crippen molar-refractivity contribution in [3.63, 3.8) is 0 Å². The second-order valence-corrected chi connectivity index (χ2v) is 10.00. The van der Waals surface area contributed by atoms with Crippen molar-refractivity contribution in [1.29, 1.82) is 0 Å². The number of ether oxygens (including phenoxy) is 1. The molecule has 186 valence electrons. The number of nitrogens with one attached hydrogen (secondary N) is 2. The van der Waals surface area contributed by atoms with Crippen LogP contribution in [0, 0.1) is 17.3 Å². The summed E-state index contributed by atoms with van der Waals surface area (Å²) >= 11 is 0. The van der Waals surface area contributed by atoms with Crippen LogP contribution in [0.3, 0.4) is 0 Å². The smallest absolute Gasteiger partial charge is 0.407 e. The van der Waals surface area contributed by atoms with Crippen LogP contribution in [0.5, 0.6) is 0 Å². The molecule has 2 aliphatic carbocycles. The maximum Gasteiger partial charge on any atom is 0.407 e. The highest BCUT2D eigenvalue weighted by molar-refractivity contribution is 5.83. The Balaban J connectivity index is 1.30. The average Bonchev–Trinajstić information content (AvgIpc) is 3.66. The van der Waals surface area contributed by atoms with E-state index in [0.29, 0.717) is 18.9 Å². The van der Waals surface area contributed by atoms with E-state index in [-0.39, 0.29) is 37.3 Å². The van der Waals surface area contributed by atoms with Gasteiger partial charge >= 0.3 is 12.1 Å². The van der Waals surface area contributed by atoms with Crippen molar-refractivity contribution in [2.45, 2.75) is 45.4 Å². The van der Waals surface area contributed by atoms with Crippen LogP contribution in [0.1, 0.15) is 56.6 Å². The number of carboxylic acid groups (broad SMARTS) is 1. The summed E-state index contributed by atoms with van der Waals surface area (Å²) in [4.78, 5) is 36.6. The highest BCUT2D eigenvalue weighted by Gasteiger charge is 2.36. The van der Waals surface area contributed by atoms with Crippen LogP contribution >= 0.6 is 0 Å². The summed E-state index contributed by atoms with van der Waals surface area (Å²) in [6.45, 7) is 4.40. The largest absolute Gasteiger partial charge is 0.481 e. The lowest BCUT2D eigenvalue weighted by atomic mass is 9.86. The predicted molar refractivity (Wildman–Crippen MR) is 133 cm³/mol. The predicted octanol–water partition coefficient (Wildman–Crippen LogP) is 4.56. The molecular formula is C28H34N2O5. The summed E-state index contributed by atoms with van der Waals surface area (Å²) < 4.78 is 5.59. The zero-order valence-corrected chi connectivity index (χ0v) is 20.4. The van der Waals surface area contributed by atoms with E-state index in [4.69, 9.17) is 9.84 Å². The van der Waals surface area contributed by atoms with Gasteiger partial charge in [-0.05, 0) is 60.3 Å². The number of carbonyl (C=O) groups is 3. The van der Waals surface area contributed by atoms with Gasteiger partial charge in [-0.15, -0.1) is 0 Å². The number of alkyl carbamates (subject to hydrolysis) is 1. The van der Waals surface area contributed by atoms with Gasteiger partial charge in [0.05, 0.1) is 11.8 Å². The lowest BCUT2D eigenvalue weighted by Gasteiger charge is -2.28. The highest BCUT2D eigenvalue weighted by atomic mass is 16.5. The minimum atomic E-state index is -0.841. The van der Waals surface area contributed by atoms with Gasteiger partial charge in [0.1, 0.15) is 6.61 Å². The van der Waals surface area contributed by atoms with E-state index in [2.05, 4.69) is 34.9 Å². The molecule has 0 saturated heterocycles. The Bertz CT molecular complexity index is 1050. The zero-order chi connectivity index (χ0) is 25.0. The number of aliphatic carboxylic acids is 1. The molecule has 2 amide bonds. The monoisotopic (exact) mass is 478 g/mol. The Morgan fingerprint density at radius 2 is 1.63 bits per heavy atom. The number of carboxylic acids is 1. The molecule has 7 nitrogen and oxygen atoms in total. The first-order valence-corrected chi connectivity index (χ1v) is 12.4. The lowest BCUT2D eigenvalue weighted by Crippen LogP contribution is -2.47. The van der Waals surface area contributed by atoms with Gasteiger partial charge in [0.25, 0.3) is 0 Å². The summed E-state index contributed by atoms with van der Waals surface area (Å²) in [5.74, 6) is -0.727. The van der Waals surface area contributed by atoms with E-state index in [1.54, 1.807) is 6.92 Å². The molecule has 4 rings (SSSR count). The fourth-order valence-electron chi connectivity index (χ4n) is 4.92. The molecule has 2 aromatic rings. The van der Waals surface area contributed by atoms with E-state index in [1.807, 2.05) is 31.2 Å². The van der Waals surface area contributed by atoms with Crippen LogP contribution in [0.15, 0.2) is 48.5 Å². The third-order valence-electron chi connectivity index (χ3n) is 7.55. The molecule has 2 aliphatic rings. The molecule has 0 heterocycles. The van der Waals surface area contributed by atoms with Gasteiger partial charge < -0.3 is 20.5 Å². The highest BCUT2D eigenvalue weighted by Crippen LogP contribution is 2.44. The van der Waals surface area contributed by atoms with Crippen LogP contribution in [0.2, 0.25) is 0 Å². The number of benzene rings is 2. The molecule has 0 aromatic heterocycles. The Kier molecular flexibility index (Phi) is 7.43. The molecule has 2 aromatic carbocycles. The molecule has 0 radical (unpaired) electrons. The van der Waals surface area contributed by atoms with Crippen LogP contribution in [0.4, 0.5) is 4.79 Å². The molecule has 1 saturated carbocycles. The standard InChI is InChI=1S/C28H34N2O5/c1-3-28(2,26(33)29-15-19(14-25(31)32)18-12-13-18)17-30-27(34)35-16-24-22-10-6-4-8-20(22)21-9-5-7-11-23(21)24/h4-11,18-19,24H,3,12-17H2,1-2H3,(H,29,33)(H,30,34)(H,31,32). The first-order chi connectivity index (χ1) is 16.8. The second kappa shape index (κ2) is 10.5. The van der Waals surface area contributed by atoms with Crippen molar-refractivity contribution in [3.8, 4) is 11.1 Å². The molecule has 35 heavy (non-hydrogen) atoms. The number of fused-ring (bicyclic) bond motifs is 3. The van der Waals surface area contributed by atoms with Crippen molar-refractivity contribution >= 4 is 18.0 Å². The molecule has 0 bridgehead atoms. The minimum absolute atomic E-state index is 0.0254. The van der Waals surface area contributed by atoms with Crippen LogP contribution in [0.25, 0.3) is 11.1 Å². The topological polar surface area (TPSA) is 105 Å². The number of hydrogen-bond acceptors (Lipinski definition) is 4. The Morgan fingerprint density at radius 1 is 1.03 bits per heavy atom. The average molecular weight is 479 g/mol. The van der Waals surface area contributed by atoms with E-state index in [0.717, 1.165) is 24.0 Å². The van der Waals surface area contributed by atoms with Crippen LogP contribution < -0.4 is 10.6 Å². The summed E-state index contributed by atoms with van der Waals surface area (Å²) in [7, 11) is 0. The van der Waals surface area contributed by atoms with E-state index in [9.17, 15) is 14.4 Å². The van der Waals surface area contributed by atoms with Crippen molar-refractivity contribution in [3.05, 3.63) is 59.7 Å². The first-order valence-electron chi connectivity index (χ1n) is 12.4. The maximum atomic E-state index is 12.9.